The summed E-state index contributed by atoms with van der Waals surface area (Å²) in [6.07, 6.45) is 2.32. The maximum Gasteiger partial charge on any atom is 0.156 e. The van der Waals surface area contributed by atoms with Crippen molar-refractivity contribution in [1.82, 2.24) is 15.1 Å². The van der Waals surface area contributed by atoms with Gasteiger partial charge in [0.15, 0.2) is 5.82 Å². The molecular weight excluding hydrogens is 392 g/mol. The molecule has 0 amide bonds. The summed E-state index contributed by atoms with van der Waals surface area (Å²) in [5.41, 5.74) is 1.37. The van der Waals surface area contributed by atoms with Gasteiger partial charge in [-0.3, -0.25) is 0 Å². The number of anilines is 1. The van der Waals surface area contributed by atoms with Gasteiger partial charge in [0.25, 0.3) is 0 Å². The van der Waals surface area contributed by atoms with Crippen LogP contribution in [0.3, 0.4) is 0 Å². The van der Waals surface area contributed by atoms with Crippen LogP contribution >= 0.6 is 15.9 Å². The van der Waals surface area contributed by atoms with E-state index in [0.717, 1.165) is 40.6 Å². The SMILES string of the molecule is CN1CCCC(Nc2nnc(-c3ccc(Br)cc3O)c3ccccc23)C1. The van der Waals surface area contributed by atoms with E-state index in [1.807, 2.05) is 30.3 Å². The summed E-state index contributed by atoms with van der Waals surface area (Å²) >= 11 is 3.38. The number of benzene rings is 2. The molecule has 2 N–H and O–H groups in total. The van der Waals surface area contributed by atoms with Crippen LogP contribution in [0, 0.1) is 0 Å². The van der Waals surface area contributed by atoms with Crippen molar-refractivity contribution in [2.24, 2.45) is 0 Å². The molecular formula is C20H21BrN4O. The molecule has 134 valence electrons. The van der Waals surface area contributed by atoms with Crippen LogP contribution in [0.25, 0.3) is 22.0 Å². The molecule has 4 rings (SSSR count). The Morgan fingerprint density at radius 1 is 1.15 bits per heavy atom. The van der Waals surface area contributed by atoms with Crippen LogP contribution in [0.2, 0.25) is 0 Å². The lowest BCUT2D eigenvalue weighted by Crippen LogP contribution is -2.40. The maximum absolute atomic E-state index is 10.3. The van der Waals surface area contributed by atoms with Crippen LogP contribution in [-0.4, -0.2) is 46.4 Å². The van der Waals surface area contributed by atoms with Crippen LogP contribution in [-0.2, 0) is 0 Å². The molecule has 26 heavy (non-hydrogen) atoms. The Bertz CT molecular complexity index is 946. The lowest BCUT2D eigenvalue weighted by Gasteiger charge is -2.30. The zero-order valence-corrected chi connectivity index (χ0v) is 16.2. The Hall–Kier alpha value is -2.18. The number of phenols is 1. The van der Waals surface area contributed by atoms with Gasteiger partial charge >= 0.3 is 0 Å². The molecule has 5 nitrogen and oxygen atoms in total. The lowest BCUT2D eigenvalue weighted by molar-refractivity contribution is 0.261. The van der Waals surface area contributed by atoms with Crippen molar-refractivity contribution < 1.29 is 5.11 Å². The number of aromatic nitrogens is 2. The standard InChI is InChI=1S/C20H21BrN4O/c1-25-10-4-5-14(12-25)22-20-16-7-3-2-6-15(16)19(23-24-20)17-9-8-13(21)11-18(17)26/h2-3,6-9,11,14,26H,4-5,10,12H2,1H3,(H,22,24). The third-order valence-electron chi connectivity index (χ3n) is 4.87. The highest BCUT2D eigenvalue weighted by atomic mass is 79.9. The molecule has 0 aliphatic carbocycles. The van der Waals surface area contributed by atoms with Gasteiger partial charge < -0.3 is 15.3 Å². The molecule has 0 bridgehead atoms. The number of nitrogens with one attached hydrogen (secondary N) is 1. The minimum absolute atomic E-state index is 0.188. The predicted molar refractivity (Wildman–Crippen MR) is 108 cm³/mol. The molecule has 6 heteroatoms. The van der Waals surface area contributed by atoms with Gasteiger partial charge in [0.2, 0.25) is 0 Å². The minimum atomic E-state index is 0.188. The molecule has 2 aromatic carbocycles. The van der Waals surface area contributed by atoms with Crippen molar-refractivity contribution in [3.8, 4) is 17.0 Å². The second-order valence-electron chi connectivity index (χ2n) is 6.85. The van der Waals surface area contributed by atoms with Crippen molar-refractivity contribution in [3.63, 3.8) is 0 Å². The Kier molecular flexibility index (Phi) is 4.78. The third kappa shape index (κ3) is 3.39. The van der Waals surface area contributed by atoms with E-state index in [-0.39, 0.29) is 5.75 Å². The van der Waals surface area contributed by atoms with E-state index >= 15 is 0 Å². The van der Waals surface area contributed by atoms with Gasteiger partial charge in [0, 0.05) is 33.4 Å². The number of likely N-dealkylation sites (tertiary alicyclic amines) is 1. The first-order chi connectivity index (χ1) is 12.6. The number of piperidine rings is 1. The molecule has 1 saturated heterocycles. The summed E-state index contributed by atoms with van der Waals surface area (Å²) in [6, 6.07) is 13.9. The molecule has 1 aliphatic heterocycles. The average molecular weight is 413 g/mol. The number of nitrogens with zero attached hydrogens (tertiary/aromatic N) is 3. The maximum atomic E-state index is 10.3. The predicted octanol–water partition coefficient (Wildman–Crippen LogP) is 4.27. The first-order valence-corrected chi connectivity index (χ1v) is 9.60. The highest BCUT2D eigenvalue weighted by molar-refractivity contribution is 9.10. The Balaban J connectivity index is 1.76. The molecule has 1 atom stereocenters. The second kappa shape index (κ2) is 7.21. The highest BCUT2D eigenvalue weighted by Crippen LogP contribution is 2.36. The van der Waals surface area contributed by atoms with Gasteiger partial charge in [-0.05, 0) is 44.6 Å². The number of phenolic OH excluding ortho intramolecular Hbond substituents is 1. The molecule has 1 unspecified atom stereocenters. The van der Waals surface area contributed by atoms with Crippen molar-refractivity contribution in [2.45, 2.75) is 18.9 Å². The zero-order valence-electron chi connectivity index (χ0n) is 14.6. The Morgan fingerprint density at radius 3 is 2.73 bits per heavy atom. The van der Waals surface area contributed by atoms with Crippen LogP contribution in [0.15, 0.2) is 46.9 Å². The molecule has 2 heterocycles. The number of hydrogen-bond acceptors (Lipinski definition) is 5. The third-order valence-corrected chi connectivity index (χ3v) is 5.36. The van der Waals surface area contributed by atoms with Gasteiger partial charge in [-0.1, -0.05) is 40.2 Å². The van der Waals surface area contributed by atoms with E-state index in [9.17, 15) is 5.11 Å². The Labute approximate surface area is 161 Å². The smallest absolute Gasteiger partial charge is 0.156 e. The largest absolute Gasteiger partial charge is 0.507 e. The van der Waals surface area contributed by atoms with Crippen LogP contribution in [0.5, 0.6) is 5.75 Å². The van der Waals surface area contributed by atoms with E-state index < -0.39 is 0 Å². The van der Waals surface area contributed by atoms with Gasteiger partial charge in [0.05, 0.1) is 0 Å². The number of fused-ring (bicyclic) bond motifs is 1. The summed E-state index contributed by atoms with van der Waals surface area (Å²) < 4.78 is 0.829. The van der Waals surface area contributed by atoms with Gasteiger partial charge in [-0.2, -0.15) is 0 Å². The number of likely N-dealkylation sites (N-methyl/N-ethyl adjacent to an activating group) is 1. The molecule has 1 aliphatic rings. The molecule has 0 spiro atoms. The fraction of sp³-hybridized carbons (Fsp3) is 0.300. The first-order valence-electron chi connectivity index (χ1n) is 8.81. The van der Waals surface area contributed by atoms with E-state index in [2.05, 4.69) is 49.5 Å². The Morgan fingerprint density at radius 2 is 1.96 bits per heavy atom. The minimum Gasteiger partial charge on any atom is -0.507 e. The molecule has 1 aromatic heterocycles. The van der Waals surface area contributed by atoms with E-state index in [1.54, 1.807) is 6.07 Å². The van der Waals surface area contributed by atoms with Gasteiger partial charge in [0.1, 0.15) is 11.4 Å². The summed E-state index contributed by atoms with van der Waals surface area (Å²) in [7, 11) is 2.15. The van der Waals surface area contributed by atoms with Crippen LogP contribution < -0.4 is 5.32 Å². The molecule has 0 saturated carbocycles. The summed E-state index contributed by atoms with van der Waals surface area (Å²) in [5, 5.41) is 24.8. The van der Waals surface area contributed by atoms with Crippen molar-refractivity contribution in [2.75, 3.05) is 25.5 Å². The summed E-state index contributed by atoms with van der Waals surface area (Å²) in [6.45, 7) is 2.15. The summed E-state index contributed by atoms with van der Waals surface area (Å²) in [4.78, 5) is 2.34. The quantitative estimate of drug-likeness (QED) is 0.672. The van der Waals surface area contributed by atoms with E-state index in [1.165, 1.54) is 6.42 Å². The zero-order chi connectivity index (χ0) is 18.1. The van der Waals surface area contributed by atoms with Gasteiger partial charge in [-0.25, -0.2) is 0 Å². The normalized spacial score (nSPS) is 18.2. The number of halogens is 1. The molecule has 3 aromatic rings. The first kappa shape index (κ1) is 17.2. The fourth-order valence-corrected chi connectivity index (χ4v) is 3.94. The monoisotopic (exact) mass is 412 g/mol. The topological polar surface area (TPSA) is 61.3 Å². The fourth-order valence-electron chi connectivity index (χ4n) is 3.59. The van der Waals surface area contributed by atoms with E-state index in [4.69, 9.17) is 0 Å². The molecule has 1 fully saturated rings. The lowest BCUT2D eigenvalue weighted by atomic mass is 10.0. The van der Waals surface area contributed by atoms with Crippen molar-refractivity contribution in [1.29, 1.82) is 0 Å². The average Bonchev–Trinajstić information content (AvgIpc) is 2.63. The highest BCUT2D eigenvalue weighted by Gasteiger charge is 2.20. The van der Waals surface area contributed by atoms with E-state index in [0.29, 0.717) is 17.3 Å². The van der Waals surface area contributed by atoms with Gasteiger partial charge in [-0.15, -0.1) is 10.2 Å². The van der Waals surface area contributed by atoms with Crippen molar-refractivity contribution >= 4 is 32.5 Å². The van der Waals surface area contributed by atoms with Crippen LogP contribution in [0.1, 0.15) is 12.8 Å². The van der Waals surface area contributed by atoms with Crippen LogP contribution in [0.4, 0.5) is 5.82 Å². The molecule has 0 radical (unpaired) electrons. The van der Waals surface area contributed by atoms with Crippen molar-refractivity contribution in [3.05, 3.63) is 46.9 Å². The number of hydrogen-bond donors (Lipinski definition) is 2. The number of rotatable bonds is 3. The number of aromatic hydroxyl groups is 1. The summed E-state index contributed by atoms with van der Waals surface area (Å²) in [5.74, 6) is 0.995. The second-order valence-corrected chi connectivity index (χ2v) is 7.77.